The van der Waals surface area contributed by atoms with Crippen molar-refractivity contribution in [1.82, 2.24) is 5.32 Å². The highest BCUT2D eigenvalue weighted by atomic mass is 16.3. The van der Waals surface area contributed by atoms with Gasteiger partial charge in [-0.25, -0.2) is 0 Å². The average molecular weight is 204 g/mol. The molecular weight excluding hydrogens is 188 g/mol. The monoisotopic (exact) mass is 204 g/mol. The van der Waals surface area contributed by atoms with E-state index >= 15 is 0 Å². The molecule has 1 rings (SSSR count). The molecule has 1 aromatic rings. The van der Waals surface area contributed by atoms with Gasteiger partial charge in [-0.05, 0) is 43.7 Å². The lowest BCUT2D eigenvalue weighted by Gasteiger charge is -2.14. The molecule has 0 bridgehead atoms. The highest BCUT2D eigenvalue weighted by Gasteiger charge is 2.11. The molecule has 0 aliphatic heterocycles. The quantitative estimate of drug-likeness (QED) is 0.783. The highest BCUT2D eigenvalue weighted by molar-refractivity contribution is 5.44. The molecule has 1 atom stereocenters. The maximum Gasteiger partial charge on any atom is 0.0994 e. The molecule has 3 heteroatoms. The third-order valence-corrected chi connectivity index (χ3v) is 2.49. The summed E-state index contributed by atoms with van der Waals surface area (Å²) in [6.07, 6.45) is -0.553. The zero-order valence-electron chi connectivity index (χ0n) is 9.33. The van der Waals surface area contributed by atoms with Gasteiger partial charge in [0.2, 0.25) is 0 Å². The summed E-state index contributed by atoms with van der Waals surface area (Å²) in [6, 6.07) is 5.84. The van der Waals surface area contributed by atoms with Crippen LogP contribution in [-0.4, -0.2) is 18.7 Å². The molecule has 0 saturated carbocycles. The molecule has 3 nitrogen and oxygen atoms in total. The molecule has 0 radical (unpaired) electrons. The molecular formula is C12H16N2O. The van der Waals surface area contributed by atoms with Crippen molar-refractivity contribution in [2.75, 3.05) is 13.6 Å². The molecule has 1 aromatic carbocycles. The number of rotatable bonds is 3. The summed E-state index contributed by atoms with van der Waals surface area (Å²) in [6.45, 7) is 4.34. The van der Waals surface area contributed by atoms with Crippen molar-refractivity contribution in [1.29, 1.82) is 5.26 Å². The van der Waals surface area contributed by atoms with Gasteiger partial charge in [-0.2, -0.15) is 5.26 Å². The molecule has 80 valence electrons. The van der Waals surface area contributed by atoms with Gasteiger partial charge in [0.25, 0.3) is 0 Å². The first-order valence-corrected chi connectivity index (χ1v) is 4.94. The number of nitrogens with one attached hydrogen (secondary N) is 1. The molecule has 0 saturated heterocycles. The summed E-state index contributed by atoms with van der Waals surface area (Å²) in [5.74, 6) is 0. The van der Waals surface area contributed by atoms with Gasteiger partial charge in [-0.1, -0.05) is 6.07 Å². The van der Waals surface area contributed by atoms with E-state index in [9.17, 15) is 5.11 Å². The van der Waals surface area contributed by atoms with Crippen molar-refractivity contribution in [3.05, 3.63) is 34.4 Å². The number of nitriles is 1. The van der Waals surface area contributed by atoms with Gasteiger partial charge < -0.3 is 10.4 Å². The Morgan fingerprint density at radius 3 is 2.60 bits per heavy atom. The minimum Gasteiger partial charge on any atom is -0.387 e. The van der Waals surface area contributed by atoms with Gasteiger partial charge in [0.15, 0.2) is 0 Å². The van der Waals surface area contributed by atoms with Crippen LogP contribution in [0.2, 0.25) is 0 Å². The first-order valence-electron chi connectivity index (χ1n) is 4.94. The van der Waals surface area contributed by atoms with Gasteiger partial charge >= 0.3 is 0 Å². The lowest BCUT2D eigenvalue weighted by Crippen LogP contribution is -2.17. The first-order chi connectivity index (χ1) is 7.10. The maximum atomic E-state index is 9.84. The molecule has 1 unspecified atom stereocenters. The molecule has 0 amide bonds. The van der Waals surface area contributed by atoms with Gasteiger partial charge in [0.05, 0.1) is 17.7 Å². The second-order valence-electron chi connectivity index (χ2n) is 3.71. The standard InChI is InChI=1S/C12H16N2O/c1-8-4-9(2)11(5-10(8)6-13)12(15)7-14-3/h4-5,12,14-15H,7H2,1-3H3. The van der Waals surface area contributed by atoms with Crippen LogP contribution >= 0.6 is 0 Å². The summed E-state index contributed by atoms with van der Waals surface area (Å²) in [7, 11) is 1.79. The summed E-state index contributed by atoms with van der Waals surface area (Å²) in [5.41, 5.74) is 3.43. The van der Waals surface area contributed by atoms with Gasteiger partial charge in [0.1, 0.15) is 0 Å². The predicted molar refractivity (Wildman–Crippen MR) is 59.5 cm³/mol. The van der Waals surface area contributed by atoms with Crippen LogP contribution in [-0.2, 0) is 0 Å². The Labute approximate surface area is 90.4 Å². The van der Waals surface area contributed by atoms with E-state index in [2.05, 4.69) is 11.4 Å². The van der Waals surface area contributed by atoms with Crippen LogP contribution in [0, 0.1) is 25.2 Å². The lowest BCUT2D eigenvalue weighted by atomic mass is 9.97. The molecule has 0 aliphatic carbocycles. The van der Waals surface area contributed by atoms with E-state index in [1.807, 2.05) is 19.9 Å². The summed E-state index contributed by atoms with van der Waals surface area (Å²) in [4.78, 5) is 0. The second-order valence-corrected chi connectivity index (χ2v) is 3.71. The van der Waals surface area contributed by atoms with E-state index in [0.29, 0.717) is 12.1 Å². The summed E-state index contributed by atoms with van der Waals surface area (Å²) in [5, 5.41) is 21.7. The van der Waals surface area contributed by atoms with Gasteiger partial charge in [-0.15, -0.1) is 0 Å². The van der Waals surface area contributed by atoms with Crippen LogP contribution in [0.25, 0.3) is 0 Å². The van der Waals surface area contributed by atoms with Crippen molar-refractivity contribution >= 4 is 0 Å². The molecule has 0 spiro atoms. The fourth-order valence-corrected chi connectivity index (χ4v) is 1.65. The van der Waals surface area contributed by atoms with Crippen LogP contribution in [0.5, 0.6) is 0 Å². The number of nitrogens with zero attached hydrogens (tertiary/aromatic N) is 1. The van der Waals surface area contributed by atoms with Crippen LogP contribution in [0.15, 0.2) is 12.1 Å². The number of aryl methyl sites for hydroxylation is 2. The van der Waals surface area contributed by atoms with Crippen LogP contribution in [0.4, 0.5) is 0 Å². The van der Waals surface area contributed by atoms with Gasteiger partial charge in [-0.3, -0.25) is 0 Å². The number of aliphatic hydroxyl groups is 1. The summed E-state index contributed by atoms with van der Waals surface area (Å²) >= 11 is 0. The highest BCUT2D eigenvalue weighted by Crippen LogP contribution is 2.21. The normalized spacial score (nSPS) is 12.2. The Balaban J connectivity index is 3.14. The van der Waals surface area contributed by atoms with E-state index in [1.165, 1.54) is 0 Å². The van der Waals surface area contributed by atoms with Gasteiger partial charge in [0, 0.05) is 6.54 Å². The van der Waals surface area contributed by atoms with Crippen molar-refractivity contribution in [2.45, 2.75) is 20.0 Å². The molecule has 2 N–H and O–H groups in total. The maximum absolute atomic E-state index is 9.84. The third kappa shape index (κ3) is 2.56. The fraction of sp³-hybridized carbons (Fsp3) is 0.417. The number of likely N-dealkylation sites (N-methyl/N-ethyl adjacent to an activating group) is 1. The second kappa shape index (κ2) is 4.92. The first kappa shape index (κ1) is 11.7. The Morgan fingerprint density at radius 2 is 2.07 bits per heavy atom. The number of aliphatic hydroxyl groups excluding tert-OH is 1. The Bertz CT molecular complexity index is 393. The SMILES string of the molecule is CNCC(O)c1cc(C#N)c(C)cc1C. The molecule has 0 aliphatic rings. The topological polar surface area (TPSA) is 56.0 Å². The van der Waals surface area contributed by atoms with Crippen LogP contribution < -0.4 is 5.32 Å². The zero-order valence-corrected chi connectivity index (χ0v) is 9.33. The van der Waals surface area contributed by atoms with E-state index in [-0.39, 0.29) is 0 Å². The van der Waals surface area contributed by atoms with E-state index in [4.69, 9.17) is 5.26 Å². The van der Waals surface area contributed by atoms with Crippen molar-refractivity contribution in [3.63, 3.8) is 0 Å². The minimum atomic E-state index is -0.553. The van der Waals surface area contributed by atoms with E-state index in [0.717, 1.165) is 16.7 Å². The van der Waals surface area contributed by atoms with Crippen molar-refractivity contribution in [3.8, 4) is 6.07 Å². The third-order valence-electron chi connectivity index (χ3n) is 2.49. The Morgan fingerprint density at radius 1 is 1.40 bits per heavy atom. The number of hydrogen-bond donors (Lipinski definition) is 2. The largest absolute Gasteiger partial charge is 0.387 e. The molecule has 0 aromatic heterocycles. The predicted octanol–water partition coefficient (Wildman–Crippen LogP) is 1.43. The fourth-order valence-electron chi connectivity index (χ4n) is 1.65. The van der Waals surface area contributed by atoms with E-state index in [1.54, 1.807) is 13.1 Å². The zero-order chi connectivity index (χ0) is 11.4. The lowest BCUT2D eigenvalue weighted by molar-refractivity contribution is 0.177. The molecule has 0 fully saturated rings. The van der Waals surface area contributed by atoms with Crippen molar-refractivity contribution in [2.24, 2.45) is 0 Å². The van der Waals surface area contributed by atoms with Crippen LogP contribution in [0.3, 0.4) is 0 Å². The van der Waals surface area contributed by atoms with E-state index < -0.39 is 6.10 Å². The van der Waals surface area contributed by atoms with Crippen LogP contribution in [0.1, 0.15) is 28.4 Å². The molecule has 15 heavy (non-hydrogen) atoms. The Kier molecular flexibility index (Phi) is 3.84. The molecule has 0 heterocycles. The smallest absolute Gasteiger partial charge is 0.0994 e. The Hall–Kier alpha value is -1.37. The average Bonchev–Trinajstić information content (AvgIpc) is 2.18. The summed E-state index contributed by atoms with van der Waals surface area (Å²) < 4.78 is 0. The number of hydrogen-bond acceptors (Lipinski definition) is 3. The number of benzene rings is 1. The van der Waals surface area contributed by atoms with Crippen molar-refractivity contribution < 1.29 is 5.11 Å². The minimum absolute atomic E-state index is 0.495.